The predicted molar refractivity (Wildman–Crippen MR) is 113 cm³/mol. The third kappa shape index (κ3) is 4.00. The second-order valence-corrected chi connectivity index (χ2v) is 8.90. The number of nitrogens with zero attached hydrogens (tertiary/aromatic N) is 2. The molecule has 28 heavy (non-hydrogen) atoms. The Morgan fingerprint density at radius 3 is 2.64 bits per heavy atom. The molecule has 1 aliphatic rings. The number of amides is 4. The first-order chi connectivity index (χ1) is 13.4. The van der Waals surface area contributed by atoms with Gasteiger partial charge in [0.05, 0.1) is 10.2 Å². The number of hydrogen-bond donors (Lipinski definition) is 2. The van der Waals surface area contributed by atoms with Crippen molar-refractivity contribution in [3.05, 3.63) is 18.2 Å². The summed E-state index contributed by atoms with van der Waals surface area (Å²) in [6.45, 7) is 3.66. The Morgan fingerprint density at radius 2 is 2.00 bits per heavy atom. The maximum Gasteiger partial charge on any atom is 0.325 e. The number of carbonyl (C=O) groups excluding carboxylic acids is 3. The molecule has 150 valence electrons. The van der Waals surface area contributed by atoms with E-state index in [0.29, 0.717) is 18.5 Å². The predicted octanol–water partition coefficient (Wildman–Crippen LogP) is 3.85. The molecule has 0 radical (unpaired) electrons. The van der Waals surface area contributed by atoms with Crippen LogP contribution in [0.4, 0.5) is 10.5 Å². The number of thioether (sulfide) groups is 1. The van der Waals surface area contributed by atoms with Crippen LogP contribution in [-0.4, -0.2) is 46.1 Å². The molecule has 1 fully saturated rings. The Labute approximate surface area is 172 Å². The van der Waals surface area contributed by atoms with Crippen LogP contribution < -0.4 is 10.6 Å². The van der Waals surface area contributed by atoms with Crippen LogP contribution in [-0.2, 0) is 9.59 Å². The van der Waals surface area contributed by atoms with Crippen LogP contribution in [0.1, 0.15) is 39.5 Å². The van der Waals surface area contributed by atoms with Crippen LogP contribution in [0.15, 0.2) is 22.5 Å². The largest absolute Gasteiger partial charge is 0.325 e. The minimum Gasteiger partial charge on any atom is -0.324 e. The summed E-state index contributed by atoms with van der Waals surface area (Å²) in [6.07, 6.45) is 4.67. The zero-order valence-corrected chi connectivity index (χ0v) is 17.8. The fourth-order valence-electron chi connectivity index (χ4n) is 3.55. The molecule has 3 rings (SSSR count). The van der Waals surface area contributed by atoms with E-state index in [-0.39, 0.29) is 12.5 Å². The molecule has 2 N–H and O–H groups in total. The average molecular weight is 421 g/mol. The Bertz CT molecular complexity index is 906. The van der Waals surface area contributed by atoms with Crippen LogP contribution in [0.5, 0.6) is 0 Å². The number of nitrogens with one attached hydrogen (secondary N) is 2. The monoisotopic (exact) mass is 420 g/mol. The number of fused-ring (bicyclic) bond motifs is 1. The van der Waals surface area contributed by atoms with Crippen molar-refractivity contribution in [1.82, 2.24) is 15.2 Å². The van der Waals surface area contributed by atoms with Crippen LogP contribution >= 0.6 is 23.1 Å². The van der Waals surface area contributed by atoms with E-state index in [1.807, 2.05) is 32.2 Å². The molecule has 1 aromatic heterocycles. The van der Waals surface area contributed by atoms with E-state index in [1.54, 1.807) is 29.2 Å². The summed E-state index contributed by atoms with van der Waals surface area (Å²) in [4.78, 5) is 43.2. The van der Waals surface area contributed by atoms with Gasteiger partial charge >= 0.3 is 6.03 Å². The van der Waals surface area contributed by atoms with Crippen molar-refractivity contribution in [3.63, 3.8) is 0 Å². The number of thiazole rings is 1. The maximum atomic E-state index is 12.9. The van der Waals surface area contributed by atoms with Gasteiger partial charge in [0.25, 0.3) is 5.91 Å². The Hall–Kier alpha value is -2.13. The number of imide groups is 1. The van der Waals surface area contributed by atoms with E-state index in [4.69, 9.17) is 0 Å². The summed E-state index contributed by atoms with van der Waals surface area (Å²) >= 11 is 3.13. The van der Waals surface area contributed by atoms with Crippen molar-refractivity contribution in [2.75, 3.05) is 18.1 Å². The zero-order chi connectivity index (χ0) is 20.3. The van der Waals surface area contributed by atoms with Gasteiger partial charge in [-0.1, -0.05) is 38.5 Å². The molecule has 2 aromatic rings. The average Bonchev–Trinajstić information content (AvgIpc) is 3.16. The molecular formula is C19H24N4O3S2. The van der Waals surface area contributed by atoms with E-state index >= 15 is 0 Å². The molecule has 0 spiro atoms. The number of aromatic nitrogens is 1. The highest BCUT2D eigenvalue weighted by Crippen LogP contribution is 2.30. The molecule has 7 nitrogen and oxygen atoms in total. The smallest absolute Gasteiger partial charge is 0.324 e. The van der Waals surface area contributed by atoms with E-state index in [1.165, 1.54) is 0 Å². The number of anilines is 1. The van der Waals surface area contributed by atoms with Crippen LogP contribution in [0.2, 0.25) is 0 Å². The molecule has 0 bridgehead atoms. The summed E-state index contributed by atoms with van der Waals surface area (Å²) in [5, 5.41) is 5.60. The van der Waals surface area contributed by atoms with Crippen molar-refractivity contribution in [2.45, 2.75) is 49.4 Å². The third-order valence-corrected chi connectivity index (χ3v) is 6.73. The molecule has 2 heterocycles. The first-order valence-electron chi connectivity index (χ1n) is 9.31. The fraction of sp³-hybridized carbons (Fsp3) is 0.474. The van der Waals surface area contributed by atoms with E-state index in [9.17, 15) is 14.4 Å². The van der Waals surface area contributed by atoms with Crippen molar-refractivity contribution in [1.29, 1.82) is 0 Å². The number of hydrogen-bond acceptors (Lipinski definition) is 6. The molecule has 4 amide bonds. The lowest BCUT2D eigenvalue weighted by Crippen LogP contribution is -2.47. The molecule has 0 atom stereocenters. The number of rotatable bonds is 8. The SMILES string of the molecule is CCCC1(CCC)NC(=O)N(CC(=O)Nc2ccc3nc(SC)sc3c2)C1=O. The standard InChI is InChI=1S/C19H24N4O3S2/c1-4-8-19(9-5-2)16(25)23(17(26)22-19)11-15(24)20-12-6-7-13-14(10-12)28-18(21-13)27-3/h6-7,10H,4-5,8-9,11H2,1-3H3,(H,20,24)(H,22,26). The number of urea groups is 1. The van der Waals surface area contributed by atoms with Crippen LogP contribution in [0.3, 0.4) is 0 Å². The summed E-state index contributed by atoms with van der Waals surface area (Å²) in [6, 6.07) is 4.98. The van der Waals surface area contributed by atoms with Gasteiger partial charge in [-0.25, -0.2) is 9.78 Å². The van der Waals surface area contributed by atoms with E-state index < -0.39 is 17.5 Å². The minimum atomic E-state index is -0.878. The molecule has 9 heteroatoms. The van der Waals surface area contributed by atoms with Crippen molar-refractivity contribution in [2.24, 2.45) is 0 Å². The summed E-state index contributed by atoms with van der Waals surface area (Å²) in [5.41, 5.74) is 0.621. The Balaban J connectivity index is 1.70. The van der Waals surface area contributed by atoms with Gasteiger partial charge in [-0.2, -0.15) is 0 Å². The lowest BCUT2D eigenvalue weighted by molar-refractivity contribution is -0.134. The van der Waals surface area contributed by atoms with Gasteiger partial charge in [-0.3, -0.25) is 14.5 Å². The minimum absolute atomic E-state index is 0.295. The van der Waals surface area contributed by atoms with Crippen LogP contribution in [0.25, 0.3) is 10.2 Å². The maximum absolute atomic E-state index is 12.9. The second-order valence-electron chi connectivity index (χ2n) is 6.82. The fourth-order valence-corrected chi connectivity index (χ4v) is 5.08. The highest BCUT2D eigenvalue weighted by molar-refractivity contribution is 8.00. The molecule has 0 aliphatic carbocycles. The van der Waals surface area contributed by atoms with Gasteiger partial charge in [-0.15, -0.1) is 11.3 Å². The summed E-state index contributed by atoms with van der Waals surface area (Å²) in [7, 11) is 0. The van der Waals surface area contributed by atoms with Gasteiger partial charge in [0.2, 0.25) is 5.91 Å². The normalized spacial score (nSPS) is 15.9. The summed E-state index contributed by atoms with van der Waals surface area (Å²) in [5.74, 6) is -0.708. The highest BCUT2D eigenvalue weighted by Gasteiger charge is 2.50. The van der Waals surface area contributed by atoms with Gasteiger partial charge in [-0.05, 0) is 37.3 Å². The molecule has 1 aromatic carbocycles. The van der Waals surface area contributed by atoms with Crippen molar-refractivity contribution in [3.8, 4) is 0 Å². The summed E-state index contributed by atoms with van der Waals surface area (Å²) < 4.78 is 1.93. The molecular weight excluding hydrogens is 396 g/mol. The van der Waals surface area contributed by atoms with E-state index in [0.717, 1.165) is 32.3 Å². The number of benzene rings is 1. The third-order valence-electron chi connectivity index (χ3n) is 4.73. The highest BCUT2D eigenvalue weighted by atomic mass is 32.2. The first-order valence-corrected chi connectivity index (χ1v) is 11.3. The van der Waals surface area contributed by atoms with Crippen molar-refractivity contribution >= 4 is 56.8 Å². The first kappa shape index (κ1) is 20.6. The van der Waals surface area contributed by atoms with Crippen molar-refractivity contribution < 1.29 is 14.4 Å². The molecule has 0 saturated carbocycles. The molecule has 0 unspecified atom stereocenters. The lowest BCUT2D eigenvalue weighted by Gasteiger charge is -2.25. The second kappa shape index (κ2) is 8.48. The lowest BCUT2D eigenvalue weighted by atomic mass is 9.88. The Morgan fingerprint density at radius 1 is 1.29 bits per heavy atom. The quantitative estimate of drug-likeness (QED) is 0.500. The Kier molecular flexibility index (Phi) is 6.24. The van der Waals surface area contributed by atoms with Gasteiger partial charge < -0.3 is 10.6 Å². The van der Waals surface area contributed by atoms with Crippen LogP contribution in [0, 0.1) is 0 Å². The zero-order valence-electron chi connectivity index (χ0n) is 16.2. The van der Waals surface area contributed by atoms with Gasteiger partial charge in [0.1, 0.15) is 12.1 Å². The topological polar surface area (TPSA) is 91.4 Å². The molecule has 1 saturated heterocycles. The van der Waals surface area contributed by atoms with Gasteiger partial charge in [0, 0.05) is 5.69 Å². The van der Waals surface area contributed by atoms with Gasteiger partial charge in [0.15, 0.2) is 4.34 Å². The number of carbonyl (C=O) groups is 3. The van der Waals surface area contributed by atoms with E-state index in [2.05, 4.69) is 15.6 Å². The molecule has 1 aliphatic heterocycles.